The molecule has 8 heteroatoms. The van der Waals surface area contributed by atoms with Gasteiger partial charge < -0.3 is 4.74 Å². The normalized spacial score (nSPS) is 10.9. The molecule has 0 aliphatic carbocycles. The first-order valence-electron chi connectivity index (χ1n) is 7.61. The van der Waals surface area contributed by atoms with E-state index >= 15 is 0 Å². The van der Waals surface area contributed by atoms with Crippen molar-refractivity contribution >= 4 is 35.0 Å². The van der Waals surface area contributed by atoms with Crippen molar-refractivity contribution in [1.29, 1.82) is 0 Å². The van der Waals surface area contributed by atoms with Gasteiger partial charge in [-0.3, -0.25) is 0 Å². The minimum Gasteiger partial charge on any atom is -0.491 e. The Bertz CT molecular complexity index is 885. The lowest BCUT2D eigenvalue weighted by Crippen LogP contribution is -2.04. The van der Waals surface area contributed by atoms with Crippen LogP contribution in [-0.4, -0.2) is 32.6 Å². The van der Waals surface area contributed by atoms with E-state index in [9.17, 15) is 0 Å². The van der Waals surface area contributed by atoms with Gasteiger partial charge in [-0.25, -0.2) is 0 Å². The highest BCUT2D eigenvalue weighted by molar-refractivity contribution is 7.99. The summed E-state index contributed by atoms with van der Waals surface area (Å²) in [5.74, 6) is 1.30. The van der Waals surface area contributed by atoms with Crippen LogP contribution in [-0.2, 0) is 0 Å². The maximum atomic E-state index is 6.09. The number of rotatable bonds is 6. The van der Waals surface area contributed by atoms with E-state index in [2.05, 4.69) is 41.5 Å². The Morgan fingerprint density at radius 3 is 2.68 bits per heavy atom. The predicted molar refractivity (Wildman–Crippen MR) is 101 cm³/mol. The average molecular weight is 395 g/mol. The Balaban J connectivity index is 1.61. The molecule has 25 heavy (non-hydrogen) atoms. The van der Waals surface area contributed by atoms with Gasteiger partial charge in [0.2, 0.25) is 5.16 Å². The van der Waals surface area contributed by atoms with E-state index in [-0.39, 0.29) is 0 Å². The summed E-state index contributed by atoms with van der Waals surface area (Å²) >= 11 is 13.5. The number of thioether (sulfide) groups is 1. The zero-order chi connectivity index (χ0) is 17.8. The van der Waals surface area contributed by atoms with E-state index < -0.39 is 0 Å². The fraction of sp³-hybridized carbons (Fsp3) is 0.235. The second-order valence-corrected chi connectivity index (χ2v) is 7.32. The Kier molecular flexibility index (Phi) is 5.83. The third kappa shape index (κ3) is 4.45. The standard InChI is InChI=1S/C17H16Cl2N4OS/c1-11-3-5-14(9-12(11)2)23-17(20-21-22-23)25-8-7-24-16-6-4-13(18)10-15(16)19/h3-6,9-10H,7-8H2,1-2H3. The van der Waals surface area contributed by atoms with Gasteiger partial charge in [0.05, 0.1) is 17.3 Å². The van der Waals surface area contributed by atoms with Crippen LogP contribution in [0, 0.1) is 13.8 Å². The van der Waals surface area contributed by atoms with Gasteiger partial charge >= 0.3 is 0 Å². The van der Waals surface area contributed by atoms with Gasteiger partial charge in [-0.2, -0.15) is 4.68 Å². The number of halogens is 2. The highest BCUT2D eigenvalue weighted by atomic mass is 35.5. The molecule has 5 nitrogen and oxygen atoms in total. The number of aromatic nitrogens is 4. The topological polar surface area (TPSA) is 52.8 Å². The van der Waals surface area contributed by atoms with Gasteiger partial charge in [0.1, 0.15) is 5.75 Å². The molecule has 3 rings (SSSR count). The molecule has 0 unspecified atom stereocenters. The summed E-state index contributed by atoms with van der Waals surface area (Å²) in [5.41, 5.74) is 3.38. The van der Waals surface area contributed by atoms with Gasteiger partial charge in [-0.05, 0) is 65.7 Å². The minimum atomic E-state index is 0.478. The maximum absolute atomic E-state index is 6.09. The van der Waals surface area contributed by atoms with Crippen molar-refractivity contribution in [3.8, 4) is 11.4 Å². The summed E-state index contributed by atoms with van der Waals surface area (Å²) in [5, 5.41) is 13.7. The van der Waals surface area contributed by atoms with Crippen molar-refractivity contribution < 1.29 is 4.74 Å². The zero-order valence-electron chi connectivity index (χ0n) is 13.7. The van der Waals surface area contributed by atoms with Crippen LogP contribution in [0.25, 0.3) is 5.69 Å². The molecule has 1 heterocycles. The number of hydrogen-bond acceptors (Lipinski definition) is 5. The van der Waals surface area contributed by atoms with Gasteiger partial charge in [0.25, 0.3) is 0 Å². The summed E-state index contributed by atoms with van der Waals surface area (Å²) in [6.07, 6.45) is 0. The number of benzene rings is 2. The molecule has 2 aromatic carbocycles. The molecular formula is C17H16Cl2N4OS. The van der Waals surface area contributed by atoms with Crippen molar-refractivity contribution in [3.63, 3.8) is 0 Å². The van der Waals surface area contributed by atoms with E-state index in [1.54, 1.807) is 22.9 Å². The lowest BCUT2D eigenvalue weighted by molar-refractivity contribution is 0.344. The van der Waals surface area contributed by atoms with E-state index in [4.69, 9.17) is 27.9 Å². The summed E-state index contributed by atoms with van der Waals surface area (Å²) in [7, 11) is 0. The van der Waals surface area contributed by atoms with Crippen molar-refractivity contribution in [2.45, 2.75) is 19.0 Å². The summed E-state index contributed by atoms with van der Waals surface area (Å²) in [4.78, 5) is 0. The van der Waals surface area contributed by atoms with Gasteiger partial charge in [-0.1, -0.05) is 41.0 Å². The molecule has 0 bridgehead atoms. The molecule has 0 aliphatic heterocycles. The SMILES string of the molecule is Cc1ccc(-n2nnnc2SCCOc2ccc(Cl)cc2Cl)cc1C. The lowest BCUT2D eigenvalue weighted by Gasteiger charge is -2.09. The molecule has 0 amide bonds. The van der Waals surface area contributed by atoms with Gasteiger partial charge in [-0.15, -0.1) is 5.10 Å². The minimum absolute atomic E-state index is 0.478. The Morgan fingerprint density at radius 1 is 1.08 bits per heavy atom. The smallest absolute Gasteiger partial charge is 0.214 e. The highest BCUT2D eigenvalue weighted by Gasteiger charge is 2.10. The molecule has 0 radical (unpaired) electrons. The van der Waals surface area contributed by atoms with Crippen LogP contribution in [0.2, 0.25) is 10.0 Å². The van der Waals surface area contributed by atoms with Crippen LogP contribution in [0.5, 0.6) is 5.75 Å². The summed E-state index contributed by atoms with van der Waals surface area (Å²) in [6.45, 7) is 4.62. The third-order valence-corrected chi connectivity index (χ3v) is 5.06. The zero-order valence-corrected chi connectivity index (χ0v) is 16.1. The summed E-state index contributed by atoms with van der Waals surface area (Å²) in [6, 6.07) is 11.3. The maximum Gasteiger partial charge on any atom is 0.214 e. The largest absolute Gasteiger partial charge is 0.491 e. The number of hydrogen-bond donors (Lipinski definition) is 0. The van der Waals surface area contributed by atoms with Crippen LogP contribution < -0.4 is 4.74 Å². The molecule has 130 valence electrons. The van der Waals surface area contributed by atoms with Crippen molar-refractivity contribution in [2.75, 3.05) is 12.4 Å². The highest BCUT2D eigenvalue weighted by Crippen LogP contribution is 2.28. The number of tetrazole rings is 1. The molecule has 0 fully saturated rings. The second-order valence-electron chi connectivity index (χ2n) is 5.41. The first-order chi connectivity index (χ1) is 12.0. The lowest BCUT2D eigenvalue weighted by atomic mass is 10.1. The van der Waals surface area contributed by atoms with Crippen LogP contribution in [0.3, 0.4) is 0 Å². The number of ether oxygens (including phenoxy) is 1. The van der Waals surface area contributed by atoms with Crippen LogP contribution in [0.4, 0.5) is 0 Å². The van der Waals surface area contributed by atoms with Crippen LogP contribution >= 0.6 is 35.0 Å². The molecule has 0 saturated heterocycles. The molecule has 0 spiro atoms. The third-order valence-electron chi connectivity index (χ3n) is 3.64. The average Bonchev–Trinajstić information content (AvgIpc) is 3.04. The Labute approximate surface area is 160 Å². The molecule has 0 atom stereocenters. The number of nitrogens with zero attached hydrogens (tertiary/aromatic N) is 4. The van der Waals surface area contributed by atoms with Crippen molar-refractivity contribution in [1.82, 2.24) is 20.2 Å². The van der Waals surface area contributed by atoms with Gasteiger partial charge in [0.15, 0.2) is 0 Å². The first-order valence-corrected chi connectivity index (χ1v) is 9.35. The first kappa shape index (κ1) is 18.0. The Morgan fingerprint density at radius 2 is 1.92 bits per heavy atom. The van der Waals surface area contributed by atoms with Crippen LogP contribution in [0.15, 0.2) is 41.6 Å². The monoisotopic (exact) mass is 394 g/mol. The summed E-state index contributed by atoms with van der Waals surface area (Å²) < 4.78 is 7.41. The molecule has 3 aromatic rings. The van der Waals surface area contributed by atoms with E-state index in [0.29, 0.717) is 33.3 Å². The van der Waals surface area contributed by atoms with E-state index in [1.807, 2.05) is 6.07 Å². The van der Waals surface area contributed by atoms with Gasteiger partial charge in [0, 0.05) is 10.8 Å². The molecule has 1 aromatic heterocycles. The predicted octanol–water partition coefficient (Wildman–Crippen LogP) is 4.76. The molecule has 0 saturated carbocycles. The fourth-order valence-corrected chi connectivity index (χ4v) is 3.34. The van der Waals surface area contributed by atoms with E-state index in [0.717, 1.165) is 5.69 Å². The number of aryl methyl sites for hydroxylation is 2. The second kappa shape index (κ2) is 8.08. The fourth-order valence-electron chi connectivity index (χ4n) is 2.17. The molecular weight excluding hydrogens is 379 g/mol. The molecule has 0 aliphatic rings. The quantitative estimate of drug-likeness (QED) is 0.445. The molecule has 0 N–H and O–H groups in total. The van der Waals surface area contributed by atoms with Crippen molar-refractivity contribution in [3.05, 3.63) is 57.6 Å². The van der Waals surface area contributed by atoms with Crippen molar-refractivity contribution in [2.24, 2.45) is 0 Å². The van der Waals surface area contributed by atoms with E-state index in [1.165, 1.54) is 22.9 Å². The van der Waals surface area contributed by atoms with Crippen LogP contribution in [0.1, 0.15) is 11.1 Å². The Hall–Kier alpha value is -1.76.